The molecular formula is C14H22N6. The Balaban J connectivity index is 2.58. The molecule has 0 aliphatic heterocycles. The van der Waals surface area contributed by atoms with Gasteiger partial charge in [0.25, 0.3) is 0 Å². The van der Waals surface area contributed by atoms with E-state index in [1.165, 1.54) is 0 Å². The van der Waals surface area contributed by atoms with Crippen molar-refractivity contribution in [3.05, 3.63) is 23.5 Å². The average Bonchev–Trinajstić information content (AvgIpc) is 2.80. The van der Waals surface area contributed by atoms with E-state index in [0.29, 0.717) is 17.5 Å². The second-order valence-corrected chi connectivity index (χ2v) is 5.79. The van der Waals surface area contributed by atoms with Gasteiger partial charge in [0, 0.05) is 24.3 Å². The van der Waals surface area contributed by atoms with E-state index in [9.17, 15) is 0 Å². The van der Waals surface area contributed by atoms with Crippen LogP contribution in [0.25, 0.3) is 5.82 Å². The third-order valence-corrected chi connectivity index (χ3v) is 2.97. The van der Waals surface area contributed by atoms with Gasteiger partial charge in [-0.15, -0.1) is 5.10 Å². The number of aryl methyl sites for hydroxylation is 2. The molecule has 0 unspecified atom stereocenters. The van der Waals surface area contributed by atoms with Crippen molar-refractivity contribution >= 4 is 5.82 Å². The standard InChI is InChI=1S/C14H22N6/c1-6-10-17-11(7-2)20(19-10)12-8-9(15)16-13(18-12)14(3,4)5/h8H,6-7H2,1-5H3,(H2,15,16,18). The van der Waals surface area contributed by atoms with E-state index in [0.717, 1.165) is 24.5 Å². The zero-order chi connectivity index (χ0) is 14.9. The fourth-order valence-electron chi connectivity index (χ4n) is 1.85. The van der Waals surface area contributed by atoms with E-state index in [-0.39, 0.29) is 5.41 Å². The molecule has 0 fully saturated rings. The zero-order valence-electron chi connectivity index (χ0n) is 12.8. The maximum absolute atomic E-state index is 5.91. The van der Waals surface area contributed by atoms with E-state index < -0.39 is 0 Å². The van der Waals surface area contributed by atoms with Gasteiger partial charge in [-0.1, -0.05) is 34.6 Å². The van der Waals surface area contributed by atoms with Crippen LogP contribution in [0.4, 0.5) is 5.82 Å². The Hall–Kier alpha value is -1.98. The summed E-state index contributed by atoms with van der Waals surface area (Å²) in [7, 11) is 0. The topological polar surface area (TPSA) is 82.5 Å². The number of anilines is 1. The Morgan fingerprint density at radius 2 is 1.80 bits per heavy atom. The molecule has 2 aromatic rings. The summed E-state index contributed by atoms with van der Waals surface area (Å²) >= 11 is 0. The third-order valence-electron chi connectivity index (χ3n) is 2.97. The van der Waals surface area contributed by atoms with Gasteiger partial charge in [-0.3, -0.25) is 0 Å². The van der Waals surface area contributed by atoms with Crippen LogP contribution < -0.4 is 5.73 Å². The first-order valence-corrected chi connectivity index (χ1v) is 6.95. The first kappa shape index (κ1) is 14.4. The van der Waals surface area contributed by atoms with Crippen LogP contribution in [-0.4, -0.2) is 24.7 Å². The lowest BCUT2D eigenvalue weighted by atomic mass is 9.96. The van der Waals surface area contributed by atoms with E-state index in [2.05, 4.69) is 47.7 Å². The van der Waals surface area contributed by atoms with Crippen molar-refractivity contribution < 1.29 is 0 Å². The summed E-state index contributed by atoms with van der Waals surface area (Å²) < 4.78 is 1.77. The van der Waals surface area contributed by atoms with Crippen LogP contribution in [-0.2, 0) is 18.3 Å². The van der Waals surface area contributed by atoms with Crippen LogP contribution in [0.5, 0.6) is 0 Å². The Bertz CT molecular complexity index is 609. The summed E-state index contributed by atoms with van der Waals surface area (Å²) in [6, 6.07) is 1.74. The minimum absolute atomic E-state index is 0.162. The van der Waals surface area contributed by atoms with Crippen molar-refractivity contribution in [2.45, 2.75) is 52.9 Å². The van der Waals surface area contributed by atoms with Gasteiger partial charge in [-0.05, 0) is 0 Å². The molecule has 20 heavy (non-hydrogen) atoms. The van der Waals surface area contributed by atoms with Crippen LogP contribution in [0.1, 0.15) is 52.1 Å². The number of nitrogens with two attached hydrogens (primary N) is 1. The Morgan fingerprint density at radius 1 is 1.10 bits per heavy atom. The molecule has 0 amide bonds. The Labute approximate surface area is 119 Å². The molecule has 2 heterocycles. The summed E-state index contributed by atoms with van der Waals surface area (Å²) in [5.74, 6) is 3.56. The zero-order valence-corrected chi connectivity index (χ0v) is 12.8. The molecule has 108 valence electrons. The minimum atomic E-state index is -0.162. The van der Waals surface area contributed by atoms with Crippen LogP contribution in [0.2, 0.25) is 0 Å². The molecule has 0 aromatic carbocycles. The summed E-state index contributed by atoms with van der Waals surface area (Å²) in [6.45, 7) is 10.3. The molecule has 0 saturated heterocycles. The van der Waals surface area contributed by atoms with Gasteiger partial charge >= 0.3 is 0 Å². The fourth-order valence-corrected chi connectivity index (χ4v) is 1.85. The maximum atomic E-state index is 5.91. The van der Waals surface area contributed by atoms with Crippen LogP contribution in [0.3, 0.4) is 0 Å². The van der Waals surface area contributed by atoms with Crippen LogP contribution >= 0.6 is 0 Å². The summed E-state index contributed by atoms with van der Waals surface area (Å²) in [4.78, 5) is 13.4. The summed E-state index contributed by atoms with van der Waals surface area (Å²) in [5, 5.41) is 4.49. The third kappa shape index (κ3) is 2.79. The first-order chi connectivity index (χ1) is 9.35. The van der Waals surface area contributed by atoms with E-state index in [1.54, 1.807) is 10.7 Å². The highest BCUT2D eigenvalue weighted by Crippen LogP contribution is 2.21. The molecule has 0 aliphatic rings. The Morgan fingerprint density at radius 3 is 2.35 bits per heavy atom. The number of nitrogen functional groups attached to an aromatic ring is 1. The highest BCUT2D eigenvalue weighted by Gasteiger charge is 2.20. The lowest BCUT2D eigenvalue weighted by molar-refractivity contribution is 0.542. The van der Waals surface area contributed by atoms with Crippen LogP contribution in [0.15, 0.2) is 6.07 Å². The predicted octanol–water partition coefficient (Wildman–Crippen LogP) is 2.06. The second-order valence-electron chi connectivity index (χ2n) is 5.79. The van der Waals surface area contributed by atoms with Gasteiger partial charge in [0.2, 0.25) is 0 Å². The highest BCUT2D eigenvalue weighted by molar-refractivity contribution is 5.38. The van der Waals surface area contributed by atoms with E-state index in [1.807, 2.05) is 6.92 Å². The molecule has 2 N–H and O–H groups in total. The molecule has 0 spiro atoms. The van der Waals surface area contributed by atoms with Gasteiger partial charge in [-0.2, -0.15) is 4.68 Å². The Kier molecular flexibility index (Phi) is 3.74. The molecule has 0 saturated carbocycles. The lowest BCUT2D eigenvalue weighted by Crippen LogP contribution is -2.19. The average molecular weight is 274 g/mol. The molecule has 6 nitrogen and oxygen atoms in total. The smallest absolute Gasteiger partial charge is 0.161 e. The SMILES string of the molecule is CCc1nc(CC)n(-c2cc(N)nc(C(C)(C)C)n2)n1. The van der Waals surface area contributed by atoms with Crippen molar-refractivity contribution in [1.82, 2.24) is 24.7 Å². The van der Waals surface area contributed by atoms with Crippen molar-refractivity contribution in [2.24, 2.45) is 0 Å². The van der Waals surface area contributed by atoms with E-state index >= 15 is 0 Å². The molecule has 0 radical (unpaired) electrons. The van der Waals surface area contributed by atoms with Crippen LogP contribution in [0, 0.1) is 0 Å². The molecule has 0 atom stereocenters. The van der Waals surface area contributed by atoms with Gasteiger partial charge in [-0.25, -0.2) is 15.0 Å². The second kappa shape index (κ2) is 5.19. The predicted molar refractivity (Wildman–Crippen MR) is 78.8 cm³/mol. The number of rotatable bonds is 3. The van der Waals surface area contributed by atoms with E-state index in [4.69, 9.17) is 5.73 Å². The van der Waals surface area contributed by atoms with Gasteiger partial charge in [0.15, 0.2) is 11.6 Å². The minimum Gasteiger partial charge on any atom is -0.384 e. The molecule has 2 rings (SSSR count). The fraction of sp³-hybridized carbons (Fsp3) is 0.571. The largest absolute Gasteiger partial charge is 0.384 e. The normalized spacial score (nSPS) is 11.8. The van der Waals surface area contributed by atoms with Crippen molar-refractivity contribution in [3.8, 4) is 5.82 Å². The monoisotopic (exact) mass is 274 g/mol. The molecule has 6 heteroatoms. The first-order valence-electron chi connectivity index (χ1n) is 6.95. The lowest BCUT2D eigenvalue weighted by Gasteiger charge is -2.17. The molecular weight excluding hydrogens is 252 g/mol. The number of aromatic nitrogens is 5. The molecule has 0 aliphatic carbocycles. The summed E-state index contributed by atoms with van der Waals surface area (Å²) in [5.41, 5.74) is 5.75. The number of hydrogen-bond acceptors (Lipinski definition) is 5. The molecule has 2 aromatic heterocycles. The molecule has 0 bridgehead atoms. The van der Waals surface area contributed by atoms with Gasteiger partial charge < -0.3 is 5.73 Å². The highest BCUT2D eigenvalue weighted by atomic mass is 15.4. The van der Waals surface area contributed by atoms with Crippen molar-refractivity contribution in [1.29, 1.82) is 0 Å². The maximum Gasteiger partial charge on any atom is 0.161 e. The van der Waals surface area contributed by atoms with Crippen molar-refractivity contribution in [2.75, 3.05) is 5.73 Å². The number of nitrogens with zero attached hydrogens (tertiary/aromatic N) is 5. The van der Waals surface area contributed by atoms with Gasteiger partial charge in [0.05, 0.1) is 0 Å². The number of hydrogen-bond donors (Lipinski definition) is 1. The quantitative estimate of drug-likeness (QED) is 0.926. The summed E-state index contributed by atoms with van der Waals surface area (Å²) in [6.07, 6.45) is 1.59. The van der Waals surface area contributed by atoms with Gasteiger partial charge in [0.1, 0.15) is 17.5 Å². The van der Waals surface area contributed by atoms with Crippen molar-refractivity contribution in [3.63, 3.8) is 0 Å².